The minimum absolute atomic E-state index is 0.260. The summed E-state index contributed by atoms with van der Waals surface area (Å²) < 4.78 is 0. The van der Waals surface area contributed by atoms with Crippen LogP contribution < -0.4 is 5.32 Å². The molecule has 0 amide bonds. The molecule has 2 nitrogen and oxygen atoms in total. The van der Waals surface area contributed by atoms with Crippen LogP contribution in [0, 0.1) is 25.2 Å². The summed E-state index contributed by atoms with van der Waals surface area (Å²) >= 11 is 0. The number of nitriles is 1. The van der Waals surface area contributed by atoms with E-state index in [4.69, 9.17) is 5.26 Å². The Hall–Kier alpha value is -1.49. The molecule has 0 radical (unpaired) electrons. The maximum Gasteiger partial charge on any atom is 0.0643 e. The monoisotopic (exact) mass is 202 g/mol. The molecule has 0 spiro atoms. The van der Waals surface area contributed by atoms with E-state index in [2.05, 4.69) is 50.4 Å². The van der Waals surface area contributed by atoms with E-state index in [0.29, 0.717) is 6.42 Å². The molecular formula is C13H18N2. The summed E-state index contributed by atoms with van der Waals surface area (Å²) in [6.07, 6.45) is 1.53. The number of aryl methyl sites for hydroxylation is 2. The third-order valence-corrected chi connectivity index (χ3v) is 2.58. The largest absolute Gasteiger partial charge is 0.381 e. The van der Waals surface area contributed by atoms with Crippen LogP contribution in [0.1, 0.15) is 30.9 Å². The van der Waals surface area contributed by atoms with E-state index >= 15 is 0 Å². The van der Waals surface area contributed by atoms with Crippen molar-refractivity contribution in [3.05, 3.63) is 29.3 Å². The van der Waals surface area contributed by atoms with Crippen LogP contribution in [0.5, 0.6) is 0 Å². The lowest BCUT2D eigenvalue weighted by Crippen LogP contribution is -2.18. The maximum atomic E-state index is 8.68. The Bertz CT molecular complexity index is 363. The van der Waals surface area contributed by atoms with Crippen LogP contribution in [0.15, 0.2) is 18.2 Å². The first-order valence-corrected chi connectivity index (χ1v) is 5.38. The summed E-state index contributed by atoms with van der Waals surface area (Å²) in [6, 6.07) is 8.82. The van der Waals surface area contributed by atoms with Gasteiger partial charge in [-0.1, -0.05) is 19.1 Å². The lowest BCUT2D eigenvalue weighted by Gasteiger charge is -2.17. The fourth-order valence-electron chi connectivity index (χ4n) is 1.52. The smallest absolute Gasteiger partial charge is 0.0643 e. The Kier molecular flexibility index (Phi) is 4.17. The Balaban J connectivity index is 2.78. The van der Waals surface area contributed by atoms with Gasteiger partial charge in [-0.15, -0.1) is 0 Å². The van der Waals surface area contributed by atoms with Crippen molar-refractivity contribution in [2.24, 2.45) is 0 Å². The van der Waals surface area contributed by atoms with Crippen LogP contribution in [-0.4, -0.2) is 6.04 Å². The molecule has 1 unspecified atom stereocenters. The van der Waals surface area contributed by atoms with E-state index in [0.717, 1.165) is 12.1 Å². The highest BCUT2D eigenvalue weighted by molar-refractivity contribution is 5.53. The molecule has 0 aliphatic rings. The topological polar surface area (TPSA) is 35.8 Å². The van der Waals surface area contributed by atoms with Gasteiger partial charge in [0.05, 0.1) is 12.5 Å². The third-order valence-electron chi connectivity index (χ3n) is 2.58. The van der Waals surface area contributed by atoms with Crippen molar-refractivity contribution in [1.82, 2.24) is 0 Å². The van der Waals surface area contributed by atoms with Gasteiger partial charge in [-0.25, -0.2) is 0 Å². The van der Waals surface area contributed by atoms with Gasteiger partial charge in [0.1, 0.15) is 0 Å². The van der Waals surface area contributed by atoms with E-state index in [1.807, 2.05) is 0 Å². The van der Waals surface area contributed by atoms with Gasteiger partial charge >= 0.3 is 0 Å². The third kappa shape index (κ3) is 3.28. The molecular weight excluding hydrogens is 184 g/mol. The molecule has 0 aliphatic carbocycles. The zero-order valence-corrected chi connectivity index (χ0v) is 9.67. The second-order valence-electron chi connectivity index (χ2n) is 3.93. The standard InChI is InChI=1S/C13H18N2/c1-4-12(7-8-14)15-13-9-10(2)5-6-11(13)3/h5-6,9,12,15H,4,7H2,1-3H3. The molecule has 1 atom stereocenters. The Morgan fingerprint density at radius 1 is 1.40 bits per heavy atom. The van der Waals surface area contributed by atoms with Crippen LogP contribution in [0.4, 0.5) is 5.69 Å². The molecule has 0 heterocycles. The number of benzene rings is 1. The highest BCUT2D eigenvalue weighted by Crippen LogP contribution is 2.18. The van der Waals surface area contributed by atoms with E-state index in [9.17, 15) is 0 Å². The molecule has 1 aromatic carbocycles. The van der Waals surface area contributed by atoms with Gasteiger partial charge in [-0.2, -0.15) is 5.26 Å². The molecule has 0 aliphatic heterocycles. The van der Waals surface area contributed by atoms with Gasteiger partial charge < -0.3 is 5.32 Å². The molecule has 15 heavy (non-hydrogen) atoms. The average Bonchev–Trinajstić information content (AvgIpc) is 2.22. The zero-order valence-electron chi connectivity index (χ0n) is 9.67. The van der Waals surface area contributed by atoms with Crippen LogP contribution in [-0.2, 0) is 0 Å². The molecule has 80 valence electrons. The zero-order chi connectivity index (χ0) is 11.3. The molecule has 0 saturated carbocycles. The van der Waals surface area contributed by atoms with Crippen molar-refractivity contribution in [1.29, 1.82) is 5.26 Å². The van der Waals surface area contributed by atoms with Gasteiger partial charge in [0.2, 0.25) is 0 Å². The predicted octanol–water partition coefficient (Wildman–Crippen LogP) is 3.41. The number of hydrogen-bond donors (Lipinski definition) is 1. The molecule has 0 saturated heterocycles. The number of rotatable bonds is 4. The van der Waals surface area contributed by atoms with E-state index < -0.39 is 0 Å². The van der Waals surface area contributed by atoms with E-state index in [1.54, 1.807) is 0 Å². The molecule has 1 aromatic rings. The Morgan fingerprint density at radius 3 is 2.73 bits per heavy atom. The number of nitrogens with zero attached hydrogens (tertiary/aromatic N) is 1. The molecule has 0 bridgehead atoms. The lowest BCUT2D eigenvalue weighted by atomic mass is 10.1. The average molecular weight is 202 g/mol. The van der Waals surface area contributed by atoms with Gasteiger partial charge in [-0.3, -0.25) is 0 Å². The van der Waals surface area contributed by atoms with Crippen molar-refractivity contribution >= 4 is 5.69 Å². The van der Waals surface area contributed by atoms with E-state index in [1.165, 1.54) is 11.1 Å². The lowest BCUT2D eigenvalue weighted by molar-refractivity contribution is 0.710. The minimum atomic E-state index is 0.260. The summed E-state index contributed by atoms with van der Waals surface area (Å²) in [4.78, 5) is 0. The summed E-state index contributed by atoms with van der Waals surface area (Å²) in [5.74, 6) is 0. The first-order valence-electron chi connectivity index (χ1n) is 5.38. The van der Waals surface area contributed by atoms with Gasteiger partial charge in [0.15, 0.2) is 0 Å². The van der Waals surface area contributed by atoms with Crippen LogP contribution in [0.3, 0.4) is 0 Å². The number of anilines is 1. The molecule has 0 fully saturated rings. The van der Waals surface area contributed by atoms with Crippen molar-refractivity contribution < 1.29 is 0 Å². The maximum absolute atomic E-state index is 8.68. The molecule has 0 aromatic heterocycles. The highest BCUT2D eigenvalue weighted by atomic mass is 14.9. The summed E-state index contributed by atoms with van der Waals surface area (Å²) in [5, 5.41) is 12.1. The van der Waals surface area contributed by atoms with E-state index in [-0.39, 0.29) is 6.04 Å². The number of hydrogen-bond acceptors (Lipinski definition) is 2. The highest BCUT2D eigenvalue weighted by Gasteiger charge is 2.06. The predicted molar refractivity (Wildman–Crippen MR) is 63.8 cm³/mol. The van der Waals surface area contributed by atoms with Gasteiger partial charge in [0, 0.05) is 11.7 Å². The first kappa shape index (κ1) is 11.6. The Morgan fingerprint density at radius 2 is 2.13 bits per heavy atom. The summed E-state index contributed by atoms with van der Waals surface area (Å²) in [6.45, 7) is 6.26. The van der Waals surface area contributed by atoms with Crippen molar-refractivity contribution in [2.75, 3.05) is 5.32 Å². The summed E-state index contributed by atoms with van der Waals surface area (Å²) in [7, 11) is 0. The van der Waals surface area contributed by atoms with Crippen LogP contribution in [0.25, 0.3) is 0 Å². The SMILES string of the molecule is CCC(CC#N)Nc1cc(C)ccc1C. The molecule has 1 rings (SSSR count). The van der Waals surface area contributed by atoms with Gasteiger partial charge in [-0.05, 0) is 37.5 Å². The van der Waals surface area contributed by atoms with Crippen molar-refractivity contribution in [2.45, 2.75) is 39.7 Å². The first-order chi connectivity index (χ1) is 7.17. The fourth-order valence-corrected chi connectivity index (χ4v) is 1.52. The fraction of sp³-hybridized carbons (Fsp3) is 0.462. The van der Waals surface area contributed by atoms with Crippen molar-refractivity contribution in [3.63, 3.8) is 0 Å². The second kappa shape index (κ2) is 5.41. The normalized spacial score (nSPS) is 11.9. The Labute approximate surface area is 91.9 Å². The van der Waals surface area contributed by atoms with Crippen LogP contribution >= 0.6 is 0 Å². The molecule has 2 heteroatoms. The molecule has 1 N–H and O–H groups in total. The summed E-state index contributed by atoms with van der Waals surface area (Å²) in [5.41, 5.74) is 3.63. The minimum Gasteiger partial charge on any atom is -0.381 e. The van der Waals surface area contributed by atoms with Gasteiger partial charge in [0.25, 0.3) is 0 Å². The number of nitrogens with one attached hydrogen (secondary N) is 1. The van der Waals surface area contributed by atoms with Crippen molar-refractivity contribution in [3.8, 4) is 6.07 Å². The second-order valence-corrected chi connectivity index (χ2v) is 3.93. The quantitative estimate of drug-likeness (QED) is 0.812. The van der Waals surface area contributed by atoms with Crippen LogP contribution in [0.2, 0.25) is 0 Å².